The fourth-order valence-electron chi connectivity index (χ4n) is 4.10. The fraction of sp³-hybridized carbons (Fsp3) is 0.400. The molecule has 11 heteroatoms. The van der Waals surface area contributed by atoms with Crippen LogP contribution in [0.15, 0.2) is 30.3 Å². The molecule has 2 N–H and O–H groups in total. The predicted molar refractivity (Wildman–Crippen MR) is 114 cm³/mol. The Morgan fingerprint density at radius 2 is 2.13 bits per heavy atom. The summed E-state index contributed by atoms with van der Waals surface area (Å²) in [4.78, 5) is 28.0. The van der Waals surface area contributed by atoms with E-state index in [2.05, 4.69) is 5.32 Å². The third-order valence-electron chi connectivity index (χ3n) is 5.55. The molecule has 2 amide bonds. The quantitative estimate of drug-likeness (QED) is 0.715. The molecule has 0 saturated carbocycles. The van der Waals surface area contributed by atoms with Crippen LogP contribution in [0, 0.1) is 0 Å². The van der Waals surface area contributed by atoms with Gasteiger partial charge in [0.2, 0.25) is 6.41 Å². The molecule has 0 radical (unpaired) electrons. The Balaban J connectivity index is 1.33. The third-order valence-corrected chi connectivity index (χ3v) is 6.78. The molecule has 1 aromatic heterocycles. The molecule has 0 spiro atoms. The highest BCUT2D eigenvalue weighted by Gasteiger charge is 2.44. The lowest BCUT2D eigenvalue weighted by molar-refractivity contribution is -0.0886. The Kier molecular flexibility index (Phi) is 5.39. The Morgan fingerprint density at radius 1 is 1.26 bits per heavy atom. The van der Waals surface area contributed by atoms with Gasteiger partial charge in [0.1, 0.15) is 18.5 Å². The summed E-state index contributed by atoms with van der Waals surface area (Å²) in [5.74, 6) is 0.320. The number of halogens is 1. The summed E-state index contributed by atoms with van der Waals surface area (Å²) in [5, 5.41) is 13.5. The number of fused-ring (bicyclic) bond motifs is 3. The van der Waals surface area contributed by atoms with Crippen LogP contribution >= 0.6 is 22.9 Å². The van der Waals surface area contributed by atoms with E-state index in [1.165, 1.54) is 16.2 Å². The molecule has 3 aliphatic rings. The van der Waals surface area contributed by atoms with Crippen molar-refractivity contribution in [3.63, 3.8) is 0 Å². The minimum atomic E-state index is -1.17. The molecule has 2 aromatic rings. The summed E-state index contributed by atoms with van der Waals surface area (Å²) in [6.07, 6.45) is -1.39. The highest BCUT2D eigenvalue weighted by atomic mass is 35.5. The number of carbonyl (C=O) groups is 2. The third kappa shape index (κ3) is 3.80. The molecule has 0 aliphatic carbocycles. The molecule has 1 aromatic carbocycles. The lowest BCUT2D eigenvalue weighted by Crippen LogP contribution is -2.42. The van der Waals surface area contributed by atoms with Crippen molar-refractivity contribution in [2.75, 3.05) is 36.1 Å². The maximum absolute atomic E-state index is 12.4. The Hall–Kier alpha value is -2.53. The van der Waals surface area contributed by atoms with Crippen LogP contribution in [0.5, 0.6) is 5.75 Å². The first-order valence-electron chi connectivity index (χ1n) is 9.88. The van der Waals surface area contributed by atoms with E-state index in [9.17, 15) is 14.7 Å². The van der Waals surface area contributed by atoms with Crippen molar-refractivity contribution in [2.24, 2.45) is 0 Å². The van der Waals surface area contributed by atoms with Gasteiger partial charge < -0.3 is 29.5 Å². The van der Waals surface area contributed by atoms with Crippen molar-refractivity contribution in [3.05, 3.63) is 39.5 Å². The number of amides is 2. The smallest absolute Gasteiger partial charge is 0.414 e. The summed E-state index contributed by atoms with van der Waals surface area (Å²) >= 11 is 7.10. The number of thiophene rings is 1. The van der Waals surface area contributed by atoms with E-state index in [0.717, 1.165) is 0 Å². The van der Waals surface area contributed by atoms with E-state index in [1.54, 1.807) is 35.2 Å². The van der Waals surface area contributed by atoms with Crippen LogP contribution in [0.1, 0.15) is 16.1 Å². The summed E-state index contributed by atoms with van der Waals surface area (Å²) in [5.41, 5.74) is 1.35. The monoisotopic (exact) mass is 465 g/mol. The second-order valence-electron chi connectivity index (χ2n) is 7.34. The first kappa shape index (κ1) is 20.4. The van der Waals surface area contributed by atoms with Gasteiger partial charge >= 0.3 is 6.09 Å². The zero-order valence-corrected chi connectivity index (χ0v) is 17.9. The largest absolute Gasteiger partial charge is 0.491 e. The molecule has 2 fully saturated rings. The molecule has 0 bridgehead atoms. The minimum absolute atomic E-state index is 0.189. The lowest BCUT2D eigenvalue weighted by atomic mass is 10.1. The number of benzene rings is 1. The van der Waals surface area contributed by atoms with E-state index in [1.807, 2.05) is 0 Å². The van der Waals surface area contributed by atoms with Gasteiger partial charge in [-0.05, 0) is 24.3 Å². The SMILES string of the molecule is O=C(NC[C@@H]1OC(O)N2c3ccc(N4CCOC4=O)cc3OCC[C@@H]12)c1ccc(Cl)s1. The van der Waals surface area contributed by atoms with Crippen LogP contribution < -0.4 is 19.9 Å². The van der Waals surface area contributed by atoms with Crippen LogP contribution in [-0.2, 0) is 9.47 Å². The number of aliphatic hydroxyl groups excluding tert-OH is 1. The van der Waals surface area contributed by atoms with Gasteiger partial charge in [0.25, 0.3) is 5.91 Å². The minimum Gasteiger partial charge on any atom is -0.491 e. The highest BCUT2D eigenvalue weighted by molar-refractivity contribution is 7.18. The van der Waals surface area contributed by atoms with Crippen LogP contribution in [0.3, 0.4) is 0 Å². The zero-order chi connectivity index (χ0) is 21.5. The number of nitrogens with one attached hydrogen (secondary N) is 1. The summed E-state index contributed by atoms with van der Waals surface area (Å²) < 4.78 is 17.2. The number of carbonyl (C=O) groups excluding carboxylic acids is 2. The average molecular weight is 466 g/mol. The molecular weight excluding hydrogens is 446 g/mol. The van der Waals surface area contributed by atoms with E-state index in [0.29, 0.717) is 52.5 Å². The van der Waals surface area contributed by atoms with Gasteiger partial charge in [-0.2, -0.15) is 0 Å². The van der Waals surface area contributed by atoms with Crippen LogP contribution in [0.4, 0.5) is 16.2 Å². The van der Waals surface area contributed by atoms with Crippen molar-refractivity contribution < 1.29 is 28.9 Å². The number of cyclic esters (lactones) is 1. The van der Waals surface area contributed by atoms with Crippen molar-refractivity contribution >= 4 is 46.3 Å². The lowest BCUT2D eigenvalue weighted by Gasteiger charge is -2.27. The fourth-order valence-corrected chi connectivity index (χ4v) is 5.06. The van der Waals surface area contributed by atoms with Crippen LogP contribution in [0.25, 0.3) is 0 Å². The second-order valence-corrected chi connectivity index (χ2v) is 9.06. The average Bonchev–Trinajstić information content (AvgIpc) is 3.42. The standard InChI is InChI=1S/C20H20ClN3O6S/c21-17-4-3-16(31-17)18(25)22-10-15-13-5-7-28-14-9-11(23-6-8-29-19(23)26)1-2-12(14)24(13)20(27)30-15/h1-4,9,13,15,20,27H,5-8,10H2,(H,22,25)/t13-,15-,20?/m0/s1. The Labute approximate surface area is 187 Å². The van der Waals surface area contributed by atoms with E-state index in [4.69, 9.17) is 25.8 Å². The van der Waals surface area contributed by atoms with Gasteiger partial charge in [-0.1, -0.05) is 11.6 Å². The number of ether oxygens (including phenoxy) is 3. The van der Waals surface area contributed by atoms with Gasteiger partial charge in [0.15, 0.2) is 0 Å². The maximum Gasteiger partial charge on any atom is 0.414 e. The number of nitrogens with zero attached hydrogens (tertiary/aromatic N) is 2. The summed E-state index contributed by atoms with van der Waals surface area (Å²) in [6.45, 7) is 1.47. The molecule has 4 heterocycles. The summed E-state index contributed by atoms with van der Waals surface area (Å²) in [6, 6.07) is 8.52. The number of hydrogen-bond acceptors (Lipinski definition) is 8. The Morgan fingerprint density at radius 3 is 2.87 bits per heavy atom. The molecule has 3 aliphatic heterocycles. The van der Waals surface area contributed by atoms with Crippen molar-refractivity contribution in [1.29, 1.82) is 0 Å². The molecule has 31 heavy (non-hydrogen) atoms. The van der Waals surface area contributed by atoms with Gasteiger partial charge in [-0.25, -0.2) is 4.79 Å². The second kappa shape index (κ2) is 8.19. The normalized spacial score (nSPS) is 24.8. The molecule has 1 unspecified atom stereocenters. The number of hydrogen-bond donors (Lipinski definition) is 2. The van der Waals surface area contributed by atoms with E-state index < -0.39 is 12.5 Å². The maximum atomic E-state index is 12.4. The molecule has 5 rings (SSSR count). The highest BCUT2D eigenvalue weighted by Crippen LogP contribution is 2.41. The molecule has 2 saturated heterocycles. The predicted octanol–water partition coefficient (Wildman–Crippen LogP) is 2.42. The number of rotatable bonds is 4. The molecule has 3 atom stereocenters. The molecule has 9 nitrogen and oxygen atoms in total. The van der Waals surface area contributed by atoms with Crippen molar-refractivity contribution in [1.82, 2.24) is 5.32 Å². The van der Waals surface area contributed by atoms with Gasteiger partial charge in [0.05, 0.1) is 39.8 Å². The van der Waals surface area contributed by atoms with Crippen LogP contribution in [-0.4, -0.2) is 62.0 Å². The van der Waals surface area contributed by atoms with Crippen molar-refractivity contribution in [2.45, 2.75) is 25.0 Å². The van der Waals surface area contributed by atoms with Gasteiger partial charge in [-0.15, -0.1) is 11.3 Å². The van der Waals surface area contributed by atoms with Gasteiger partial charge in [0, 0.05) is 19.0 Å². The van der Waals surface area contributed by atoms with Crippen LogP contribution in [0.2, 0.25) is 4.34 Å². The zero-order valence-electron chi connectivity index (χ0n) is 16.3. The van der Waals surface area contributed by atoms with Crippen molar-refractivity contribution in [3.8, 4) is 5.75 Å². The topological polar surface area (TPSA) is 101 Å². The number of aliphatic hydroxyl groups is 1. The van der Waals surface area contributed by atoms with Gasteiger partial charge in [-0.3, -0.25) is 9.69 Å². The first-order valence-corrected chi connectivity index (χ1v) is 11.1. The number of anilines is 2. The van der Waals surface area contributed by atoms with E-state index in [-0.39, 0.29) is 24.6 Å². The summed E-state index contributed by atoms with van der Waals surface area (Å²) in [7, 11) is 0. The molecular formula is C20H20ClN3O6S. The molecule has 164 valence electrons. The Bertz CT molecular complexity index is 1020. The first-order chi connectivity index (χ1) is 15.0. The van der Waals surface area contributed by atoms with E-state index >= 15 is 0 Å².